The minimum absolute atomic E-state index is 0.0322. The fourth-order valence-corrected chi connectivity index (χ4v) is 2.28. The molecule has 0 fully saturated rings. The Morgan fingerprint density at radius 1 is 1.40 bits per heavy atom. The van der Waals surface area contributed by atoms with Crippen molar-refractivity contribution in [2.45, 2.75) is 40.3 Å². The van der Waals surface area contributed by atoms with Crippen molar-refractivity contribution in [3.8, 4) is 0 Å². The van der Waals surface area contributed by atoms with Crippen molar-refractivity contribution >= 4 is 11.0 Å². The van der Waals surface area contributed by atoms with Crippen LogP contribution in [0.3, 0.4) is 0 Å². The van der Waals surface area contributed by atoms with Crippen LogP contribution < -0.4 is 10.9 Å². The molecule has 1 N–H and O–H groups in total. The largest absolute Gasteiger partial charge is 0.312 e. The standard InChI is InChI=1S/C14H23N5O/c1-6-15-11(14(2,3)4)8-19-9-16-12-10(13(19)20)7-17-18(12)5/h7,9,11,15H,6,8H2,1-5H3. The van der Waals surface area contributed by atoms with Crippen LogP contribution in [0.15, 0.2) is 17.3 Å². The lowest BCUT2D eigenvalue weighted by Gasteiger charge is -2.31. The Kier molecular flexibility index (Phi) is 3.94. The van der Waals surface area contributed by atoms with Crippen molar-refractivity contribution < 1.29 is 0 Å². The molecular formula is C14H23N5O. The van der Waals surface area contributed by atoms with Gasteiger partial charge >= 0.3 is 0 Å². The fourth-order valence-electron chi connectivity index (χ4n) is 2.28. The second-order valence-corrected chi connectivity index (χ2v) is 6.18. The topological polar surface area (TPSA) is 64.7 Å². The molecule has 0 aliphatic rings. The molecule has 6 heteroatoms. The lowest BCUT2D eigenvalue weighted by atomic mass is 9.86. The zero-order valence-electron chi connectivity index (χ0n) is 12.8. The first kappa shape index (κ1) is 14.7. The zero-order valence-corrected chi connectivity index (χ0v) is 12.8. The second kappa shape index (κ2) is 5.36. The summed E-state index contributed by atoms with van der Waals surface area (Å²) in [4.78, 5) is 16.8. The predicted molar refractivity (Wildman–Crippen MR) is 79.7 cm³/mol. The van der Waals surface area contributed by atoms with Crippen LogP contribution in [-0.2, 0) is 13.6 Å². The van der Waals surface area contributed by atoms with Gasteiger partial charge in [0.1, 0.15) is 11.7 Å². The van der Waals surface area contributed by atoms with E-state index in [1.54, 1.807) is 28.8 Å². The zero-order chi connectivity index (χ0) is 14.9. The molecule has 0 saturated heterocycles. The van der Waals surface area contributed by atoms with E-state index >= 15 is 0 Å². The van der Waals surface area contributed by atoms with Gasteiger partial charge in [-0.2, -0.15) is 5.10 Å². The van der Waals surface area contributed by atoms with Gasteiger partial charge in [0.25, 0.3) is 5.56 Å². The van der Waals surface area contributed by atoms with Gasteiger partial charge in [-0.3, -0.25) is 14.0 Å². The number of aromatic nitrogens is 4. The number of hydrogen-bond donors (Lipinski definition) is 1. The fraction of sp³-hybridized carbons (Fsp3) is 0.643. The lowest BCUT2D eigenvalue weighted by molar-refractivity contribution is 0.243. The van der Waals surface area contributed by atoms with Crippen LogP contribution in [0, 0.1) is 5.41 Å². The second-order valence-electron chi connectivity index (χ2n) is 6.18. The Morgan fingerprint density at radius 2 is 2.10 bits per heavy atom. The van der Waals surface area contributed by atoms with E-state index in [1.807, 2.05) is 0 Å². The maximum atomic E-state index is 12.5. The molecule has 0 amide bonds. The summed E-state index contributed by atoms with van der Waals surface area (Å²) in [6.45, 7) is 10.1. The van der Waals surface area contributed by atoms with Gasteiger partial charge in [0, 0.05) is 19.6 Å². The molecule has 2 aromatic heterocycles. The Balaban J connectivity index is 2.38. The predicted octanol–water partition coefficient (Wildman–Crippen LogP) is 1.15. The van der Waals surface area contributed by atoms with Crippen molar-refractivity contribution in [1.29, 1.82) is 0 Å². The highest BCUT2D eigenvalue weighted by Crippen LogP contribution is 2.20. The van der Waals surface area contributed by atoms with Crippen LogP contribution in [0.1, 0.15) is 27.7 Å². The van der Waals surface area contributed by atoms with Crippen molar-refractivity contribution in [2.24, 2.45) is 12.5 Å². The summed E-state index contributed by atoms with van der Waals surface area (Å²) < 4.78 is 3.29. The summed E-state index contributed by atoms with van der Waals surface area (Å²) in [5.74, 6) is 0. The molecule has 0 bridgehead atoms. The number of likely N-dealkylation sites (N-methyl/N-ethyl adjacent to an activating group) is 1. The van der Waals surface area contributed by atoms with E-state index in [0.717, 1.165) is 6.54 Å². The molecule has 0 saturated carbocycles. The van der Waals surface area contributed by atoms with E-state index in [1.165, 1.54) is 0 Å². The highest BCUT2D eigenvalue weighted by molar-refractivity contribution is 5.72. The molecule has 2 aromatic rings. The number of nitrogens with one attached hydrogen (secondary N) is 1. The first-order valence-corrected chi connectivity index (χ1v) is 6.95. The van der Waals surface area contributed by atoms with Crippen LogP contribution in [-0.4, -0.2) is 31.9 Å². The summed E-state index contributed by atoms with van der Waals surface area (Å²) in [6, 6.07) is 0.209. The first-order valence-electron chi connectivity index (χ1n) is 6.95. The molecule has 1 atom stereocenters. The average Bonchev–Trinajstić information content (AvgIpc) is 2.73. The molecule has 110 valence electrons. The van der Waals surface area contributed by atoms with Gasteiger partial charge in [0.2, 0.25) is 0 Å². The van der Waals surface area contributed by atoms with Gasteiger partial charge in [0.15, 0.2) is 5.65 Å². The number of fused-ring (bicyclic) bond motifs is 1. The van der Waals surface area contributed by atoms with Crippen LogP contribution in [0.2, 0.25) is 0 Å². The quantitative estimate of drug-likeness (QED) is 0.910. The summed E-state index contributed by atoms with van der Waals surface area (Å²) in [5.41, 5.74) is 0.663. The SMILES string of the molecule is CCNC(Cn1cnc2c(cnn2C)c1=O)C(C)(C)C. The molecule has 0 spiro atoms. The van der Waals surface area contributed by atoms with Gasteiger partial charge in [0.05, 0.1) is 6.20 Å². The van der Waals surface area contributed by atoms with Crippen molar-refractivity contribution in [3.05, 3.63) is 22.9 Å². The lowest BCUT2D eigenvalue weighted by Crippen LogP contribution is -2.45. The minimum Gasteiger partial charge on any atom is -0.312 e. The average molecular weight is 277 g/mol. The smallest absolute Gasteiger partial charge is 0.264 e. The highest BCUT2D eigenvalue weighted by Gasteiger charge is 2.24. The third kappa shape index (κ3) is 2.75. The number of nitrogens with zero attached hydrogens (tertiary/aromatic N) is 4. The Hall–Kier alpha value is -1.69. The van der Waals surface area contributed by atoms with Gasteiger partial charge in [-0.1, -0.05) is 27.7 Å². The Morgan fingerprint density at radius 3 is 2.70 bits per heavy atom. The van der Waals surface area contributed by atoms with Gasteiger partial charge in [-0.25, -0.2) is 4.98 Å². The van der Waals surface area contributed by atoms with E-state index in [9.17, 15) is 4.79 Å². The van der Waals surface area contributed by atoms with Gasteiger partial charge < -0.3 is 5.32 Å². The maximum Gasteiger partial charge on any atom is 0.264 e. The summed E-state index contributed by atoms with van der Waals surface area (Å²) in [6.07, 6.45) is 3.20. The molecule has 1 unspecified atom stereocenters. The third-order valence-electron chi connectivity index (χ3n) is 3.59. The molecule has 2 heterocycles. The van der Waals surface area contributed by atoms with Crippen LogP contribution in [0.4, 0.5) is 0 Å². The molecule has 0 aliphatic heterocycles. The number of rotatable bonds is 4. The maximum absolute atomic E-state index is 12.5. The summed E-state index contributed by atoms with van der Waals surface area (Å²) in [5, 5.41) is 8.10. The van der Waals surface area contributed by atoms with E-state index in [4.69, 9.17) is 0 Å². The van der Waals surface area contributed by atoms with Gasteiger partial charge in [-0.15, -0.1) is 0 Å². The molecule has 6 nitrogen and oxygen atoms in total. The van der Waals surface area contributed by atoms with E-state index in [-0.39, 0.29) is 17.0 Å². The molecule has 0 aromatic carbocycles. The molecular weight excluding hydrogens is 254 g/mol. The normalized spacial score (nSPS) is 13.8. The third-order valence-corrected chi connectivity index (χ3v) is 3.59. The Bertz CT molecular complexity index is 650. The summed E-state index contributed by atoms with van der Waals surface area (Å²) >= 11 is 0. The highest BCUT2D eigenvalue weighted by atomic mass is 16.1. The summed E-state index contributed by atoms with van der Waals surface area (Å²) in [7, 11) is 1.79. The van der Waals surface area contributed by atoms with E-state index < -0.39 is 0 Å². The monoisotopic (exact) mass is 277 g/mol. The van der Waals surface area contributed by atoms with E-state index in [2.05, 4.69) is 43.1 Å². The van der Waals surface area contributed by atoms with Crippen LogP contribution in [0.25, 0.3) is 11.0 Å². The van der Waals surface area contributed by atoms with E-state index in [0.29, 0.717) is 17.6 Å². The van der Waals surface area contributed by atoms with Crippen molar-refractivity contribution in [3.63, 3.8) is 0 Å². The first-order chi connectivity index (χ1) is 9.34. The van der Waals surface area contributed by atoms with Crippen molar-refractivity contribution in [1.82, 2.24) is 24.6 Å². The van der Waals surface area contributed by atoms with Gasteiger partial charge in [-0.05, 0) is 12.0 Å². The minimum atomic E-state index is -0.0322. The molecule has 0 radical (unpaired) electrons. The molecule has 2 rings (SSSR count). The van der Waals surface area contributed by atoms with Crippen molar-refractivity contribution in [2.75, 3.05) is 6.54 Å². The number of aryl methyl sites for hydroxylation is 1. The molecule has 20 heavy (non-hydrogen) atoms. The van der Waals surface area contributed by atoms with Crippen LogP contribution in [0.5, 0.6) is 0 Å². The Labute approximate surface area is 118 Å². The number of hydrogen-bond acceptors (Lipinski definition) is 4. The molecule has 0 aliphatic carbocycles. The van der Waals surface area contributed by atoms with Crippen LogP contribution >= 0.6 is 0 Å².